The fraction of sp³-hybridized carbons (Fsp3) is 0.400. The van der Waals surface area contributed by atoms with Gasteiger partial charge in [0.25, 0.3) is 0 Å². The lowest BCUT2D eigenvalue weighted by molar-refractivity contribution is 0.583. The Balaban J connectivity index is 2.88. The first-order valence-corrected chi connectivity index (χ1v) is 9.01. The quantitative estimate of drug-likeness (QED) is 0.810. The zero-order valence-corrected chi connectivity index (χ0v) is 12.1. The fourth-order valence-electron chi connectivity index (χ4n) is 1.43. The van der Waals surface area contributed by atoms with E-state index in [-0.39, 0.29) is 18.8 Å². The summed E-state index contributed by atoms with van der Waals surface area (Å²) in [5.41, 5.74) is 0.277. The van der Waals surface area contributed by atoms with Crippen LogP contribution < -0.4 is 9.03 Å². The maximum absolute atomic E-state index is 12.8. The van der Waals surface area contributed by atoms with Crippen LogP contribution in [0.2, 0.25) is 0 Å². The number of hydrogen-bond acceptors (Lipinski definition) is 4. The SMILES string of the molecule is CS(=O)(=O)NCCN(c1ccc(F)cc1)S(C)(=O)=O. The second-order valence-electron chi connectivity index (χ2n) is 3.98. The first-order chi connectivity index (χ1) is 8.59. The Hall–Kier alpha value is -1.19. The molecule has 19 heavy (non-hydrogen) atoms. The van der Waals surface area contributed by atoms with Gasteiger partial charge in [0.05, 0.1) is 18.2 Å². The van der Waals surface area contributed by atoms with Gasteiger partial charge >= 0.3 is 0 Å². The lowest BCUT2D eigenvalue weighted by atomic mass is 10.3. The highest BCUT2D eigenvalue weighted by molar-refractivity contribution is 7.92. The second kappa shape index (κ2) is 5.85. The average molecular weight is 310 g/mol. The molecule has 0 aliphatic rings. The van der Waals surface area contributed by atoms with Crippen molar-refractivity contribution in [2.24, 2.45) is 0 Å². The molecular weight excluding hydrogens is 295 g/mol. The van der Waals surface area contributed by atoms with Gasteiger partial charge in [-0.2, -0.15) is 0 Å². The Labute approximate surface area is 112 Å². The Morgan fingerprint density at radius 3 is 2.05 bits per heavy atom. The van der Waals surface area contributed by atoms with Crippen molar-refractivity contribution >= 4 is 25.7 Å². The van der Waals surface area contributed by atoms with E-state index in [0.29, 0.717) is 0 Å². The van der Waals surface area contributed by atoms with E-state index in [1.807, 2.05) is 0 Å². The van der Waals surface area contributed by atoms with Crippen LogP contribution in [0.25, 0.3) is 0 Å². The number of halogens is 1. The zero-order chi connectivity index (χ0) is 14.7. The van der Waals surface area contributed by atoms with Crippen LogP contribution in [0.15, 0.2) is 24.3 Å². The number of nitrogens with zero attached hydrogens (tertiary/aromatic N) is 1. The summed E-state index contributed by atoms with van der Waals surface area (Å²) < 4.78 is 61.1. The molecule has 0 unspecified atom stereocenters. The van der Waals surface area contributed by atoms with Gasteiger partial charge in [-0.3, -0.25) is 4.31 Å². The second-order valence-corrected chi connectivity index (χ2v) is 7.72. The maximum Gasteiger partial charge on any atom is 0.232 e. The Bertz CT molecular complexity index is 626. The molecule has 1 N–H and O–H groups in total. The van der Waals surface area contributed by atoms with Crippen molar-refractivity contribution in [3.05, 3.63) is 30.1 Å². The summed E-state index contributed by atoms with van der Waals surface area (Å²) in [5, 5.41) is 0. The molecule has 0 heterocycles. The normalized spacial score (nSPS) is 12.4. The largest absolute Gasteiger partial charge is 0.269 e. The highest BCUT2D eigenvalue weighted by atomic mass is 32.2. The average Bonchev–Trinajstić information content (AvgIpc) is 2.23. The minimum atomic E-state index is -3.57. The van der Waals surface area contributed by atoms with Gasteiger partial charge in [0, 0.05) is 13.1 Å². The topological polar surface area (TPSA) is 83.6 Å². The van der Waals surface area contributed by atoms with Gasteiger partial charge in [-0.15, -0.1) is 0 Å². The smallest absolute Gasteiger partial charge is 0.232 e. The molecule has 1 aromatic carbocycles. The highest BCUT2D eigenvalue weighted by Crippen LogP contribution is 2.17. The van der Waals surface area contributed by atoms with Crippen LogP contribution >= 0.6 is 0 Å². The van der Waals surface area contributed by atoms with E-state index in [9.17, 15) is 21.2 Å². The Kier molecular flexibility index (Phi) is 4.88. The minimum absolute atomic E-state index is 0.0662. The lowest BCUT2D eigenvalue weighted by Gasteiger charge is -2.22. The summed E-state index contributed by atoms with van der Waals surface area (Å²) in [5.74, 6) is -0.480. The van der Waals surface area contributed by atoms with Crippen molar-refractivity contribution in [3.63, 3.8) is 0 Å². The summed E-state index contributed by atoms with van der Waals surface area (Å²) in [6, 6.07) is 4.91. The third-order valence-electron chi connectivity index (χ3n) is 2.19. The van der Waals surface area contributed by atoms with E-state index >= 15 is 0 Å². The molecule has 1 aromatic rings. The molecular formula is C10H15FN2O4S2. The van der Waals surface area contributed by atoms with Crippen molar-refractivity contribution in [1.29, 1.82) is 0 Å². The molecule has 108 valence electrons. The van der Waals surface area contributed by atoms with Gasteiger partial charge in [-0.25, -0.2) is 25.9 Å². The van der Waals surface area contributed by atoms with Crippen LogP contribution in [-0.4, -0.2) is 42.4 Å². The first-order valence-electron chi connectivity index (χ1n) is 5.27. The maximum atomic E-state index is 12.8. The van der Waals surface area contributed by atoms with Gasteiger partial charge in [0.1, 0.15) is 5.82 Å². The summed E-state index contributed by atoms with van der Waals surface area (Å²) >= 11 is 0. The molecule has 0 radical (unpaired) electrons. The van der Waals surface area contributed by atoms with E-state index in [0.717, 1.165) is 28.9 Å². The van der Waals surface area contributed by atoms with Crippen LogP contribution in [0, 0.1) is 5.82 Å². The molecule has 0 spiro atoms. The highest BCUT2D eigenvalue weighted by Gasteiger charge is 2.17. The van der Waals surface area contributed by atoms with E-state index in [1.54, 1.807) is 0 Å². The van der Waals surface area contributed by atoms with Gasteiger partial charge in [-0.1, -0.05) is 0 Å². The first kappa shape index (κ1) is 15.9. The standard InChI is InChI=1S/C10H15FN2O4S2/c1-18(14,15)12-7-8-13(19(2,16)17)10-5-3-9(11)4-6-10/h3-6,12H,7-8H2,1-2H3. The molecule has 0 amide bonds. The number of nitrogens with one attached hydrogen (secondary N) is 1. The molecule has 6 nitrogen and oxygen atoms in total. The van der Waals surface area contributed by atoms with E-state index in [2.05, 4.69) is 4.72 Å². The van der Waals surface area contributed by atoms with Gasteiger partial charge in [-0.05, 0) is 24.3 Å². The fourth-order valence-corrected chi connectivity index (χ4v) is 2.82. The predicted octanol–water partition coefficient (Wildman–Crippen LogP) is 0.141. The van der Waals surface area contributed by atoms with Crippen molar-refractivity contribution in [2.75, 3.05) is 29.9 Å². The third-order valence-corrected chi connectivity index (χ3v) is 4.12. The summed E-state index contributed by atoms with van der Waals surface area (Å²) in [4.78, 5) is 0. The van der Waals surface area contributed by atoms with Crippen molar-refractivity contribution in [1.82, 2.24) is 4.72 Å². The summed E-state index contributed by atoms with van der Waals surface area (Å²) in [7, 11) is -6.96. The number of anilines is 1. The van der Waals surface area contributed by atoms with Crippen LogP contribution in [0.4, 0.5) is 10.1 Å². The predicted molar refractivity (Wildman–Crippen MR) is 71.4 cm³/mol. The van der Waals surface area contributed by atoms with Crippen molar-refractivity contribution in [3.8, 4) is 0 Å². The monoisotopic (exact) mass is 310 g/mol. The van der Waals surface area contributed by atoms with Gasteiger partial charge < -0.3 is 0 Å². The summed E-state index contributed by atoms with van der Waals surface area (Å²) in [6.45, 7) is -0.138. The number of sulfonamides is 2. The molecule has 0 aliphatic heterocycles. The Morgan fingerprint density at radius 2 is 1.63 bits per heavy atom. The van der Waals surface area contributed by atoms with E-state index in [4.69, 9.17) is 0 Å². The molecule has 0 fully saturated rings. The van der Waals surface area contributed by atoms with Crippen LogP contribution in [0.5, 0.6) is 0 Å². The van der Waals surface area contributed by atoms with Gasteiger partial charge in [0.15, 0.2) is 0 Å². The molecule has 9 heteroatoms. The molecule has 0 aliphatic carbocycles. The minimum Gasteiger partial charge on any atom is -0.269 e. The molecule has 1 rings (SSSR count). The van der Waals surface area contributed by atoms with Crippen molar-refractivity contribution in [2.45, 2.75) is 0 Å². The molecule has 0 aromatic heterocycles. The van der Waals surface area contributed by atoms with Gasteiger partial charge in [0.2, 0.25) is 20.0 Å². The Morgan fingerprint density at radius 1 is 1.11 bits per heavy atom. The molecule has 0 saturated carbocycles. The van der Waals surface area contributed by atoms with Crippen LogP contribution in [0.1, 0.15) is 0 Å². The molecule has 0 saturated heterocycles. The van der Waals surface area contributed by atoms with Crippen LogP contribution in [0.3, 0.4) is 0 Å². The van der Waals surface area contributed by atoms with Crippen molar-refractivity contribution < 1.29 is 21.2 Å². The van der Waals surface area contributed by atoms with E-state index < -0.39 is 25.9 Å². The van der Waals surface area contributed by atoms with Crippen LogP contribution in [-0.2, 0) is 20.0 Å². The molecule has 0 atom stereocenters. The third kappa shape index (κ3) is 5.53. The lowest BCUT2D eigenvalue weighted by Crippen LogP contribution is -2.37. The zero-order valence-electron chi connectivity index (χ0n) is 10.5. The number of hydrogen-bond donors (Lipinski definition) is 1. The molecule has 0 bridgehead atoms. The number of rotatable bonds is 6. The summed E-state index contributed by atoms with van der Waals surface area (Å²) in [6.07, 6.45) is 1.98. The number of benzene rings is 1. The van der Waals surface area contributed by atoms with E-state index in [1.165, 1.54) is 12.1 Å².